The lowest BCUT2D eigenvalue weighted by Gasteiger charge is -2.21. The number of nitrogens with zero attached hydrogens (tertiary/aromatic N) is 2. The Hall–Kier alpha value is -1.10. The molecule has 5 heteroatoms. The summed E-state index contributed by atoms with van der Waals surface area (Å²) in [6.07, 6.45) is 7.07. The Bertz CT molecular complexity index is 339. The Labute approximate surface area is 102 Å². The van der Waals surface area contributed by atoms with E-state index in [9.17, 15) is 0 Å². The highest BCUT2D eigenvalue weighted by Crippen LogP contribution is 2.25. The maximum Gasteiger partial charge on any atom is 0.315 e. The predicted molar refractivity (Wildman–Crippen MR) is 66.7 cm³/mol. The van der Waals surface area contributed by atoms with Crippen molar-refractivity contribution < 1.29 is 4.42 Å². The lowest BCUT2D eigenvalue weighted by Crippen LogP contribution is -2.26. The summed E-state index contributed by atoms with van der Waals surface area (Å²) in [4.78, 5) is 0. The average Bonchev–Trinajstić information content (AvgIpc) is 2.65. The highest BCUT2D eigenvalue weighted by atomic mass is 16.4. The van der Waals surface area contributed by atoms with Gasteiger partial charge in [0.1, 0.15) is 0 Å². The van der Waals surface area contributed by atoms with E-state index in [1.165, 1.54) is 32.1 Å². The smallest absolute Gasteiger partial charge is 0.315 e. The van der Waals surface area contributed by atoms with Crippen LogP contribution in [-0.4, -0.2) is 22.8 Å². The Kier molecular flexibility index (Phi) is 4.36. The molecule has 0 bridgehead atoms. The second kappa shape index (κ2) is 6.00. The minimum atomic E-state index is 0.462. The van der Waals surface area contributed by atoms with Gasteiger partial charge in [0.2, 0.25) is 5.89 Å². The molecular weight excluding hydrogens is 216 g/mol. The fourth-order valence-electron chi connectivity index (χ4n) is 2.40. The van der Waals surface area contributed by atoms with Crippen molar-refractivity contribution in [2.24, 2.45) is 11.7 Å². The van der Waals surface area contributed by atoms with Crippen LogP contribution in [0.3, 0.4) is 0 Å². The van der Waals surface area contributed by atoms with E-state index >= 15 is 0 Å². The summed E-state index contributed by atoms with van der Waals surface area (Å²) in [5, 5.41) is 11.3. The van der Waals surface area contributed by atoms with E-state index in [1.807, 2.05) is 0 Å². The molecule has 96 valence electrons. The molecule has 1 aliphatic carbocycles. The van der Waals surface area contributed by atoms with Crippen molar-refractivity contribution in [1.29, 1.82) is 0 Å². The summed E-state index contributed by atoms with van der Waals surface area (Å²) in [5.74, 6) is 1.29. The van der Waals surface area contributed by atoms with Crippen LogP contribution in [0.1, 0.15) is 44.9 Å². The van der Waals surface area contributed by atoms with Crippen molar-refractivity contribution in [3.63, 3.8) is 0 Å². The van der Waals surface area contributed by atoms with Gasteiger partial charge in [0.15, 0.2) is 0 Å². The molecule has 1 aromatic rings. The third kappa shape index (κ3) is 3.43. The number of hydrogen-bond donors (Lipinski definition) is 2. The number of rotatable bonds is 4. The van der Waals surface area contributed by atoms with Gasteiger partial charge in [0.25, 0.3) is 0 Å². The third-order valence-corrected chi connectivity index (χ3v) is 3.50. The highest BCUT2D eigenvalue weighted by molar-refractivity contribution is 5.20. The molecule has 2 atom stereocenters. The van der Waals surface area contributed by atoms with Crippen molar-refractivity contribution >= 4 is 6.01 Å². The molecule has 0 amide bonds. The van der Waals surface area contributed by atoms with Crippen LogP contribution in [0.4, 0.5) is 6.01 Å². The van der Waals surface area contributed by atoms with Gasteiger partial charge in [-0.15, -0.1) is 5.10 Å². The summed E-state index contributed by atoms with van der Waals surface area (Å²) >= 11 is 0. The van der Waals surface area contributed by atoms with E-state index in [-0.39, 0.29) is 0 Å². The Morgan fingerprint density at radius 3 is 2.94 bits per heavy atom. The molecule has 0 aliphatic heterocycles. The van der Waals surface area contributed by atoms with Crippen LogP contribution in [0, 0.1) is 5.92 Å². The molecule has 1 heterocycles. The Balaban J connectivity index is 1.93. The normalized spacial score (nSPS) is 25.5. The van der Waals surface area contributed by atoms with E-state index in [0.717, 1.165) is 0 Å². The van der Waals surface area contributed by atoms with Crippen molar-refractivity contribution in [3.05, 3.63) is 5.89 Å². The lowest BCUT2D eigenvalue weighted by molar-refractivity contribution is 0.434. The van der Waals surface area contributed by atoms with Crippen molar-refractivity contribution in [1.82, 2.24) is 10.2 Å². The fraction of sp³-hybridized carbons (Fsp3) is 0.833. The summed E-state index contributed by atoms with van der Waals surface area (Å²) in [6, 6.07) is 1.01. The second-order valence-corrected chi connectivity index (χ2v) is 4.91. The third-order valence-electron chi connectivity index (χ3n) is 3.50. The largest absolute Gasteiger partial charge is 0.408 e. The van der Waals surface area contributed by atoms with Crippen LogP contribution in [0.2, 0.25) is 0 Å². The maximum absolute atomic E-state index is 5.50. The Morgan fingerprint density at radius 2 is 2.12 bits per heavy atom. The first-order valence-electron chi connectivity index (χ1n) is 6.58. The standard InChI is InChI=1S/C12H22N4O/c1-9-5-3-2-4-6-10(9)14-12-16-15-11(17-12)7-8-13/h9-10H,2-8,13H2,1H3,(H,14,16). The zero-order valence-corrected chi connectivity index (χ0v) is 10.5. The molecule has 0 aromatic carbocycles. The predicted octanol–water partition coefficient (Wildman–Crippen LogP) is 1.95. The topological polar surface area (TPSA) is 77.0 Å². The quantitative estimate of drug-likeness (QED) is 0.784. The first-order chi connectivity index (χ1) is 8.29. The summed E-state index contributed by atoms with van der Waals surface area (Å²) in [6.45, 7) is 2.83. The molecule has 0 spiro atoms. The minimum absolute atomic E-state index is 0.462. The Morgan fingerprint density at radius 1 is 1.29 bits per heavy atom. The van der Waals surface area contributed by atoms with Crippen LogP contribution in [-0.2, 0) is 6.42 Å². The van der Waals surface area contributed by atoms with Gasteiger partial charge < -0.3 is 15.5 Å². The van der Waals surface area contributed by atoms with E-state index in [1.54, 1.807) is 0 Å². The van der Waals surface area contributed by atoms with E-state index < -0.39 is 0 Å². The van der Waals surface area contributed by atoms with E-state index in [0.29, 0.717) is 36.8 Å². The molecule has 3 N–H and O–H groups in total. The van der Waals surface area contributed by atoms with Gasteiger partial charge in [-0.3, -0.25) is 0 Å². The van der Waals surface area contributed by atoms with Crippen LogP contribution in [0.5, 0.6) is 0 Å². The molecule has 1 fully saturated rings. The molecule has 0 radical (unpaired) electrons. The zero-order chi connectivity index (χ0) is 12.1. The van der Waals surface area contributed by atoms with Gasteiger partial charge in [-0.05, 0) is 18.8 Å². The SMILES string of the molecule is CC1CCCCCC1Nc1nnc(CCN)o1. The number of nitrogens with one attached hydrogen (secondary N) is 1. The van der Waals surface area contributed by atoms with Crippen LogP contribution >= 0.6 is 0 Å². The number of hydrogen-bond acceptors (Lipinski definition) is 5. The highest BCUT2D eigenvalue weighted by Gasteiger charge is 2.21. The molecule has 1 saturated carbocycles. The monoisotopic (exact) mass is 238 g/mol. The maximum atomic E-state index is 5.50. The van der Waals surface area contributed by atoms with Crippen molar-refractivity contribution in [2.75, 3.05) is 11.9 Å². The average molecular weight is 238 g/mol. The number of aromatic nitrogens is 2. The van der Waals surface area contributed by atoms with Crippen LogP contribution in [0.25, 0.3) is 0 Å². The van der Waals surface area contributed by atoms with Gasteiger partial charge in [-0.25, -0.2) is 0 Å². The molecule has 0 saturated heterocycles. The molecule has 2 unspecified atom stereocenters. The molecule has 1 aliphatic rings. The van der Waals surface area contributed by atoms with Gasteiger partial charge in [-0.2, -0.15) is 0 Å². The van der Waals surface area contributed by atoms with Crippen molar-refractivity contribution in [3.8, 4) is 0 Å². The first kappa shape index (κ1) is 12.4. The fourth-order valence-corrected chi connectivity index (χ4v) is 2.40. The zero-order valence-electron chi connectivity index (χ0n) is 10.5. The van der Waals surface area contributed by atoms with Gasteiger partial charge in [0, 0.05) is 19.0 Å². The van der Waals surface area contributed by atoms with Gasteiger partial charge >= 0.3 is 6.01 Å². The van der Waals surface area contributed by atoms with E-state index in [4.69, 9.17) is 10.2 Å². The molecule has 2 rings (SSSR count). The first-order valence-corrected chi connectivity index (χ1v) is 6.58. The summed E-state index contributed by atoms with van der Waals surface area (Å²) < 4.78 is 5.50. The summed E-state index contributed by atoms with van der Waals surface area (Å²) in [5.41, 5.74) is 5.45. The summed E-state index contributed by atoms with van der Waals surface area (Å²) in [7, 11) is 0. The van der Waals surface area contributed by atoms with Gasteiger partial charge in [-0.1, -0.05) is 31.3 Å². The molecule has 5 nitrogen and oxygen atoms in total. The second-order valence-electron chi connectivity index (χ2n) is 4.91. The molecular formula is C12H22N4O. The minimum Gasteiger partial charge on any atom is -0.408 e. The number of nitrogens with two attached hydrogens (primary N) is 1. The number of anilines is 1. The van der Waals surface area contributed by atoms with Crippen molar-refractivity contribution in [2.45, 2.75) is 51.5 Å². The lowest BCUT2D eigenvalue weighted by atomic mass is 9.97. The van der Waals surface area contributed by atoms with Gasteiger partial charge in [0.05, 0.1) is 0 Å². The molecule has 1 aromatic heterocycles. The van der Waals surface area contributed by atoms with Crippen LogP contribution < -0.4 is 11.1 Å². The van der Waals surface area contributed by atoms with Crippen LogP contribution in [0.15, 0.2) is 4.42 Å². The van der Waals surface area contributed by atoms with E-state index in [2.05, 4.69) is 22.4 Å². The molecule has 17 heavy (non-hydrogen) atoms.